The molecule has 152 valence electrons. The maximum Gasteiger partial charge on any atom is 0.131 e. The average molecular weight is 405 g/mol. The van der Waals surface area contributed by atoms with Gasteiger partial charge in [-0.15, -0.1) is 0 Å². The molecule has 1 saturated heterocycles. The van der Waals surface area contributed by atoms with Gasteiger partial charge in [0, 0.05) is 24.2 Å². The third-order valence-corrected chi connectivity index (χ3v) is 6.30. The lowest BCUT2D eigenvalue weighted by Gasteiger charge is -2.42. The number of benzene rings is 1. The Bertz CT molecular complexity index is 864. The molecule has 0 radical (unpaired) electrons. The number of rotatable bonds is 4. The molecule has 1 aromatic heterocycles. The van der Waals surface area contributed by atoms with Crippen molar-refractivity contribution in [1.82, 2.24) is 10.3 Å². The number of halogens is 1. The fraction of sp³-hybridized carbons (Fsp3) is 0.591. The molecule has 28 heavy (non-hydrogen) atoms. The quantitative estimate of drug-likeness (QED) is 0.748. The molecule has 6 heteroatoms. The van der Waals surface area contributed by atoms with Crippen LogP contribution < -0.4 is 10.1 Å². The van der Waals surface area contributed by atoms with Crippen LogP contribution in [0.25, 0.3) is 10.9 Å². The monoisotopic (exact) mass is 404 g/mol. The van der Waals surface area contributed by atoms with E-state index in [0.29, 0.717) is 11.1 Å². The van der Waals surface area contributed by atoms with Gasteiger partial charge in [0.1, 0.15) is 22.6 Å². The lowest BCUT2D eigenvalue weighted by molar-refractivity contribution is -0.0646. The molecule has 2 aliphatic rings. The predicted octanol–water partition coefficient (Wildman–Crippen LogP) is 4.18. The van der Waals surface area contributed by atoms with Gasteiger partial charge in [0.25, 0.3) is 0 Å². The fourth-order valence-corrected chi connectivity index (χ4v) is 4.60. The molecule has 2 atom stereocenters. The van der Waals surface area contributed by atoms with Crippen molar-refractivity contribution in [2.75, 3.05) is 19.8 Å². The first-order valence-electron chi connectivity index (χ1n) is 10.1. The number of hydrogen-bond donors (Lipinski definition) is 2. The van der Waals surface area contributed by atoms with Crippen LogP contribution in [0.2, 0.25) is 5.15 Å². The zero-order valence-corrected chi connectivity index (χ0v) is 17.6. The Morgan fingerprint density at radius 1 is 1.25 bits per heavy atom. The number of ether oxygens (including phenoxy) is 2. The number of nitrogens with one attached hydrogen (secondary N) is 1. The molecule has 0 saturated carbocycles. The molecule has 0 amide bonds. The summed E-state index contributed by atoms with van der Waals surface area (Å²) in [4.78, 5) is 4.48. The Kier molecular flexibility index (Phi) is 5.53. The molecule has 0 spiro atoms. The Morgan fingerprint density at radius 2 is 2.00 bits per heavy atom. The lowest BCUT2D eigenvalue weighted by atomic mass is 9.85. The van der Waals surface area contributed by atoms with Gasteiger partial charge in [-0.05, 0) is 76.3 Å². The van der Waals surface area contributed by atoms with E-state index < -0.39 is 11.7 Å². The van der Waals surface area contributed by atoms with Crippen molar-refractivity contribution in [2.45, 2.75) is 57.8 Å². The van der Waals surface area contributed by atoms with Gasteiger partial charge in [0.15, 0.2) is 0 Å². The molecule has 0 bridgehead atoms. The van der Waals surface area contributed by atoms with E-state index in [9.17, 15) is 5.11 Å². The summed E-state index contributed by atoms with van der Waals surface area (Å²) in [6, 6.07) is 5.70. The van der Waals surface area contributed by atoms with Gasteiger partial charge in [-0.1, -0.05) is 11.6 Å². The van der Waals surface area contributed by atoms with Crippen molar-refractivity contribution >= 4 is 22.5 Å². The van der Waals surface area contributed by atoms with E-state index in [4.69, 9.17) is 21.1 Å². The van der Waals surface area contributed by atoms with Crippen molar-refractivity contribution in [1.29, 1.82) is 0 Å². The topological polar surface area (TPSA) is 63.6 Å². The molecule has 3 heterocycles. The first-order valence-corrected chi connectivity index (χ1v) is 10.5. The van der Waals surface area contributed by atoms with Crippen LogP contribution in [0.4, 0.5) is 0 Å². The number of aliphatic hydroxyl groups excluding tert-OH is 1. The highest BCUT2D eigenvalue weighted by Crippen LogP contribution is 2.42. The van der Waals surface area contributed by atoms with Crippen LogP contribution in [0.5, 0.6) is 5.75 Å². The highest BCUT2D eigenvalue weighted by molar-refractivity contribution is 6.29. The molecule has 2 aliphatic heterocycles. The number of fused-ring (bicyclic) bond motifs is 2. The van der Waals surface area contributed by atoms with E-state index in [1.54, 1.807) is 0 Å². The van der Waals surface area contributed by atoms with Gasteiger partial charge in [0.05, 0.1) is 11.6 Å². The van der Waals surface area contributed by atoms with Gasteiger partial charge in [-0.3, -0.25) is 0 Å². The molecular weight excluding hydrogens is 376 g/mol. The molecule has 0 unspecified atom stereocenters. The maximum absolute atomic E-state index is 11.0. The average Bonchev–Trinajstić information content (AvgIpc) is 2.65. The minimum Gasteiger partial charge on any atom is -0.485 e. The second kappa shape index (κ2) is 7.79. The third kappa shape index (κ3) is 3.86. The highest BCUT2D eigenvalue weighted by atomic mass is 35.5. The van der Waals surface area contributed by atoms with Crippen LogP contribution in [0.15, 0.2) is 18.2 Å². The van der Waals surface area contributed by atoms with E-state index in [1.807, 2.05) is 39.0 Å². The zero-order chi connectivity index (χ0) is 19.9. The summed E-state index contributed by atoms with van der Waals surface area (Å²) in [6.07, 6.45) is 2.66. The number of aryl methyl sites for hydroxylation is 1. The van der Waals surface area contributed by atoms with Crippen LogP contribution >= 0.6 is 11.6 Å². The van der Waals surface area contributed by atoms with E-state index in [0.717, 1.165) is 66.8 Å². The SMILES string of the molecule is Cc1cc(Cl)nc2cc3c(cc12)OC(C)(C)[C@H](O)[C@H]3NCCC1CCOCC1. The largest absolute Gasteiger partial charge is 0.485 e. The van der Waals surface area contributed by atoms with E-state index in [-0.39, 0.29) is 6.04 Å². The molecule has 5 nitrogen and oxygen atoms in total. The summed E-state index contributed by atoms with van der Waals surface area (Å²) in [5.74, 6) is 1.49. The molecule has 2 aromatic rings. The first-order chi connectivity index (χ1) is 13.3. The van der Waals surface area contributed by atoms with E-state index >= 15 is 0 Å². The van der Waals surface area contributed by atoms with Crippen LogP contribution in [-0.2, 0) is 4.74 Å². The Balaban J connectivity index is 1.63. The van der Waals surface area contributed by atoms with E-state index in [2.05, 4.69) is 10.3 Å². The molecule has 1 fully saturated rings. The fourth-order valence-electron chi connectivity index (χ4n) is 4.34. The zero-order valence-electron chi connectivity index (χ0n) is 16.8. The molecule has 0 aliphatic carbocycles. The summed E-state index contributed by atoms with van der Waals surface area (Å²) >= 11 is 6.17. The van der Waals surface area contributed by atoms with Crippen LogP contribution in [0.3, 0.4) is 0 Å². The Morgan fingerprint density at radius 3 is 2.75 bits per heavy atom. The highest BCUT2D eigenvalue weighted by Gasteiger charge is 2.43. The van der Waals surface area contributed by atoms with Crippen LogP contribution in [-0.4, -0.2) is 41.6 Å². The molecule has 4 rings (SSSR count). The maximum atomic E-state index is 11.0. The van der Waals surface area contributed by atoms with Gasteiger partial charge in [-0.2, -0.15) is 0 Å². The minimum atomic E-state index is -0.676. The van der Waals surface area contributed by atoms with Gasteiger partial charge < -0.3 is 19.9 Å². The van der Waals surface area contributed by atoms with Crippen LogP contribution in [0.1, 0.15) is 50.3 Å². The summed E-state index contributed by atoms with van der Waals surface area (Å²) in [5.41, 5.74) is 2.16. The molecular formula is C22H29ClN2O3. The van der Waals surface area contributed by atoms with Crippen molar-refractivity contribution in [2.24, 2.45) is 5.92 Å². The second-order valence-electron chi connectivity index (χ2n) is 8.60. The van der Waals surface area contributed by atoms with Gasteiger partial charge in [0.2, 0.25) is 0 Å². The second-order valence-corrected chi connectivity index (χ2v) is 8.98. The summed E-state index contributed by atoms with van der Waals surface area (Å²) in [6.45, 7) is 8.46. The normalized spacial score (nSPS) is 24.8. The smallest absolute Gasteiger partial charge is 0.131 e. The number of nitrogens with zero attached hydrogens (tertiary/aromatic N) is 1. The van der Waals surface area contributed by atoms with Crippen molar-refractivity contribution < 1.29 is 14.6 Å². The minimum absolute atomic E-state index is 0.205. The lowest BCUT2D eigenvalue weighted by Crippen LogP contribution is -2.52. The summed E-state index contributed by atoms with van der Waals surface area (Å²) < 4.78 is 11.6. The third-order valence-electron chi connectivity index (χ3n) is 6.11. The summed E-state index contributed by atoms with van der Waals surface area (Å²) in [5, 5.41) is 16.1. The first kappa shape index (κ1) is 19.9. The van der Waals surface area contributed by atoms with Gasteiger partial charge >= 0.3 is 0 Å². The molecule has 1 aromatic carbocycles. The standard InChI is InChI=1S/C22H29ClN2O3/c1-13-10-19(23)25-17-11-16-18(12-15(13)17)28-22(2,3)21(26)20(16)24-7-4-14-5-8-27-9-6-14/h10-12,14,20-21,24,26H,4-9H2,1-3H3/t20-,21+/m0/s1. The molecule has 2 N–H and O–H groups in total. The number of pyridine rings is 1. The van der Waals surface area contributed by atoms with Crippen LogP contribution in [0, 0.1) is 12.8 Å². The number of hydrogen-bond acceptors (Lipinski definition) is 5. The Hall–Kier alpha value is -1.40. The van der Waals surface area contributed by atoms with Crippen molar-refractivity contribution in [3.05, 3.63) is 34.5 Å². The Labute approximate surface area is 171 Å². The van der Waals surface area contributed by atoms with Gasteiger partial charge in [-0.25, -0.2) is 4.98 Å². The van der Waals surface area contributed by atoms with E-state index in [1.165, 1.54) is 0 Å². The van der Waals surface area contributed by atoms with Crippen molar-refractivity contribution in [3.8, 4) is 5.75 Å². The number of aromatic nitrogens is 1. The number of aliphatic hydroxyl groups is 1. The van der Waals surface area contributed by atoms with Crippen molar-refractivity contribution in [3.63, 3.8) is 0 Å². The summed E-state index contributed by atoms with van der Waals surface area (Å²) in [7, 11) is 0. The predicted molar refractivity (Wildman–Crippen MR) is 111 cm³/mol.